The van der Waals surface area contributed by atoms with Crippen LogP contribution in [0.25, 0.3) is 0 Å². The van der Waals surface area contributed by atoms with Crippen LogP contribution in [0, 0.1) is 13.8 Å². The molecule has 0 aromatic heterocycles. The van der Waals surface area contributed by atoms with Crippen LogP contribution in [0.3, 0.4) is 0 Å². The molecule has 0 aliphatic carbocycles. The van der Waals surface area contributed by atoms with Gasteiger partial charge in [0.2, 0.25) is 0 Å². The van der Waals surface area contributed by atoms with Gasteiger partial charge in [0.1, 0.15) is 0 Å². The Kier molecular flexibility index (Phi) is 4.84. The number of hydrogen-bond acceptors (Lipinski definition) is 1. The van der Waals surface area contributed by atoms with Crippen molar-refractivity contribution in [2.24, 2.45) is 0 Å². The number of rotatable bonds is 4. The smallest absolute Gasteiger partial charge is 0.0386 e. The molecule has 0 fully saturated rings. The molecule has 1 heteroatoms. The fraction of sp³-hybridized carbons (Fsp3) is 0.333. The molecule has 0 aliphatic heterocycles. The molecule has 1 aromatic rings. The molecule has 0 bridgehead atoms. The average molecular weight is 215 g/mol. The summed E-state index contributed by atoms with van der Waals surface area (Å²) >= 11 is 0. The minimum Gasteiger partial charge on any atom is -0.356 e. The lowest BCUT2D eigenvalue weighted by Crippen LogP contribution is -1.97. The summed E-state index contributed by atoms with van der Waals surface area (Å²) in [5, 5.41) is 3.41. The molecule has 0 spiro atoms. The second-order valence-corrected chi connectivity index (χ2v) is 3.98. The maximum absolute atomic E-state index is 3.41. The third-order valence-corrected chi connectivity index (χ3v) is 2.64. The van der Waals surface area contributed by atoms with Crippen LogP contribution in [0.2, 0.25) is 0 Å². The van der Waals surface area contributed by atoms with Gasteiger partial charge in [0, 0.05) is 11.4 Å². The zero-order valence-corrected chi connectivity index (χ0v) is 10.7. The first kappa shape index (κ1) is 12.6. The van der Waals surface area contributed by atoms with Gasteiger partial charge in [0.25, 0.3) is 0 Å². The van der Waals surface area contributed by atoms with Crippen molar-refractivity contribution in [3.63, 3.8) is 0 Å². The van der Waals surface area contributed by atoms with E-state index >= 15 is 0 Å². The highest BCUT2D eigenvalue weighted by molar-refractivity contribution is 5.53. The summed E-state index contributed by atoms with van der Waals surface area (Å²) in [6.45, 7) is 8.45. The van der Waals surface area contributed by atoms with Crippen LogP contribution >= 0.6 is 0 Å². The van der Waals surface area contributed by atoms with Crippen LogP contribution < -0.4 is 5.32 Å². The number of anilines is 1. The van der Waals surface area contributed by atoms with E-state index < -0.39 is 0 Å². The van der Waals surface area contributed by atoms with Crippen molar-refractivity contribution in [1.82, 2.24) is 0 Å². The molecule has 0 radical (unpaired) electrons. The number of aryl methyl sites for hydroxylation is 2. The van der Waals surface area contributed by atoms with Crippen molar-refractivity contribution in [1.29, 1.82) is 0 Å². The van der Waals surface area contributed by atoms with E-state index in [0.29, 0.717) is 0 Å². The molecule has 1 aromatic carbocycles. The van der Waals surface area contributed by atoms with Crippen LogP contribution in [0.15, 0.2) is 42.1 Å². The Hall–Kier alpha value is -1.50. The molecule has 0 unspecified atom stereocenters. The average Bonchev–Trinajstić information content (AvgIpc) is 2.29. The van der Waals surface area contributed by atoms with Crippen molar-refractivity contribution in [3.8, 4) is 0 Å². The van der Waals surface area contributed by atoms with Crippen molar-refractivity contribution in [2.45, 2.75) is 34.1 Å². The molecule has 0 heterocycles. The van der Waals surface area contributed by atoms with Crippen LogP contribution in [-0.2, 0) is 0 Å². The highest BCUT2D eigenvalue weighted by atomic mass is 14.9. The van der Waals surface area contributed by atoms with Crippen LogP contribution in [0.1, 0.15) is 31.4 Å². The number of benzene rings is 1. The van der Waals surface area contributed by atoms with Gasteiger partial charge < -0.3 is 5.32 Å². The molecular formula is C15H21N. The SMILES string of the molecule is C/C=C(\C=C/CC)Nc1ccc(C)c(C)c1. The van der Waals surface area contributed by atoms with Gasteiger partial charge in [-0.25, -0.2) is 0 Å². The monoisotopic (exact) mass is 215 g/mol. The summed E-state index contributed by atoms with van der Waals surface area (Å²) in [6, 6.07) is 6.44. The normalized spacial score (nSPS) is 12.1. The minimum atomic E-state index is 1.06. The van der Waals surface area contributed by atoms with E-state index in [9.17, 15) is 0 Å². The number of hydrogen-bond donors (Lipinski definition) is 1. The van der Waals surface area contributed by atoms with E-state index in [1.807, 2.05) is 6.92 Å². The number of allylic oxidation sites excluding steroid dienone is 3. The van der Waals surface area contributed by atoms with Gasteiger partial charge in [0.05, 0.1) is 0 Å². The summed E-state index contributed by atoms with van der Waals surface area (Å²) in [5.74, 6) is 0. The van der Waals surface area contributed by atoms with Gasteiger partial charge in [-0.1, -0.05) is 25.1 Å². The zero-order chi connectivity index (χ0) is 12.0. The van der Waals surface area contributed by atoms with E-state index in [0.717, 1.165) is 17.8 Å². The van der Waals surface area contributed by atoms with E-state index in [1.165, 1.54) is 11.1 Å². The van der Waals surface area contributed by atoms with Crippen LogP contribution in [-0.4, -0.2) is 0 Å². The van der Waals surface area contributed by atoms with E-state index in [-0.39, 0.29) is 0 Å². The van der Waals surface area contributed by atoms with Gasteiger partial charge in [-0.05, 0) is 56.5 Å². The molecule has 0 atom stereocenters. The van der Waals surface area contributed by atoms with Crippen molar-refractivity contribution in [3.05, 3.63) is 53.3 Å². The first-order valence-electron chi connectivity index (χ1n) is 5.84. The predicted octanol–water partition coefficient (Wildman–Crippen LogP) is 4.59. The van der Waals surface area contributed by atoms with Gasteiger partial charge in [-0.3, -0.25) is 0 Å². The topological polar surface area (TPSA) is 12.0 Å². The molecule has 0 saturated heterocycles. The first-order chi connectivity index (χ1) is 7.67. The lowest BCUT2D eigenvalue weighted by molar-refractivity contribution is 1.22. The Morgan fingerprint density at radius 3 is 2.56 bits per heavy atom. The van der Waals surface area contributed by atoms with E-state index in [2.05, 4.69) is 62.5 Å². The molecule has 0 saturated carbocycles. The Labute approximate surface area is 98.9 Å². The Morgan fingerprint density at radius 1 is 1.25 bits per heavy atom. The van der Waals surface area contributed by atoms with Gasteiger partial charge in [-0.15, -0.1) is 0 Å². The molecule has 86 valence electrons. The number of nitrogens with one attached hydrogen (secondary N) is 1. The van der Waals surface area contributed by atoms with Gasteiger partial charge >= 0.3 is 0 Å². The minimum absolute atomic E-state index is 1.06. The summed E-state index contributed by atoms with van der Waals surface area (Å²) in [6.07, 6.45) is 7.42. The van der Waals surface area contributed by atoms with Gasteiger partial charge in [-0.2, -0.15) is 0 Å². The Balaban J connectivity index is 2.79. The summed E-state index contributed by atoms with van der Waals surface area (Å²) in [7, 11) is 0. The molecule has 16 heavy (non-hydrogen) atoms. The Morgan fingerprint density at radius 2 is 2.00 bits per heavy atom. The Bertz CT molecular complexity index is 400. The maximum Gasteiger partial charge on any atom is 0.0386 e. The lowest BCUT2D eigenvalue weighted by Gasteiger charge is -2.09. The summed E-state index contributed by atoms with van der Waals surface area (Å²) in [5.41, 5.74) is 4.94. The molecule has 1 rings (SSSR count). The lowest BCUT2D eigenvalue weighted by atomic mass is 10.1. The third kappa shape index (κ3) is 3.58. The highest BCUT2D eigenvalue weighted by Crippen LogP contribution is 2.16. The van der Waals surface area contributed by atoms with Crippen molar-refractivity contribution >= 4 is 5.69 Å². The molecule has 1 N–H and O–H groups in total. The molecular weight excluding hydrogens is 194 g/mol. The largest absolute Gasteiger partial charge is 0.356 e. The second-order valence-electron chi connectivity index (χ2n) is 3.98. The zero-order valence-electron chi connectivity index (χ0n) is 10.7. The van der Waals surface area contributed by atoms with E-state index in [1.54, 1.807) is 0 Å². The van der Waals surface area contributed by atoms with Crippen LogP contribution in [0.4, 0.5) is 5.69 Å². The fourth-order valence-electron chi connectivity index (χ4n) is 1.44. The summed E-state index contributed by atoms with van der Waals surface area (Å²) < 4.78 is 0. The highest BCUT2D eigenvalue weighted by Gasteiger charge is 1.96. The van der Waals surface area contributed by atoms with Gasteiger partial charge in [0.15, 0.2) is 0 Å². The van der Waals surface area contributed by atoms with E-state index in [4.69, 9.17) is 0 Å². The quantitative estimate of drug-likeness (QED) is 0.725. The fourth-order valence-corrected chi connectivity index (χ4v) is 1.44. The van der Waals surface area contributed by atoms with Crippen LogP contribution in [0.5, 0.6) is 0 Å². The first-order valence-corrected chi connectivity index (χ1v) is 5.84. The standard InChI is InChI=1S/C15H21N/c1-5-7-8-14(6-2)16-15-10-9-12(3)13(4)11-15/h6-11,16H,5H2,1-4H3/b8-7-,14-6+. The maximum atomic E-state index is 3.41. The molecule has 1 nitrogen and oxygen atoms in total. The second kappa shape index (κ2) is 6.16. The van der Waals surface area contributed by atoms with Crippen molar-refractivity contribution < 1.29 is 0 Å². The van der Waals surface area contributed by atoms with Crippen molar-refractivity contribution in [2.75, 3.05) is 5.32 Å². The molecule has 0 amide bonds. The predicted molar refractivity (Wildman–Crippen MR) is 72.7 cm³/mol. The third-order valence-electron chi connectivity index (χ3n) is 2.64. The molecule has 0 aliphatic rings. The summed E-state index contributed by atoms with van der Waals surface area (Å²) in [4.78, 5) is 0.